The van der Waals surface area contributed by atoms with Crippen LogP contribution >= 0.6 is 0 Å². The second kappa shape index (κ2) is 6.06. The summed E-state index contributed by atoms with van der Waals surface area (Å²) in [5.74, 6) is -4.18. The fourth-order valence-electron chi connectivity index (χ4n) is 1.29. The van der Waals surface area contributed by atoms with E-state index >= 15 is 0 Å². The highest BCUT2D eigenvalue weighted by Crippen LogP contribution is 2.10. The number of halogens is 2. The zero-order valence-electron chi connectivity index (χ0n) is 9.19. The highest BCUT2D eigenvalue weighted by atomic mass is 19.1. The Morgan fingerprint density at radius 1 is 1.33 bits per heavy atom. The number of rotatable bonds is 5. The molecule has 0 fully saturated rings. The molecule has 1 amide bonds. The van der Waals surface area contributed by atoms with Crippen molar-refractivity contribution in [3.8, 4) is 0 Å². The van der Waals surface area contributed by atoms with Crippen LogP contribution in [-0.2, 0) is 4.79 Å². The summed E-state index contributed by atoms with van der Waals surface area (Å²) in [4.78, 5) is 22.3. The van der Waals surface area contributed by atoms with Crippen LogP contribution in [0.15, 0.2) is 18.2 Å². The Bertz CT molecular complexity index is 464. The summed E-state index contributed by atoms with van der Waals surface area (Å²) in [6.07, 6.45) is -0.224. The van der Waals surface area contributed by atoms with E-state index in [1.807, 2.05) is 5.32 Å². The van der Waals surface area contributed by atoms with Gasteiger partial charge in [-0.25, -0.2) is 13.6 Å². The molecule has 0 saturated heterocycles. The number of aliphatic carboxylic acids is 1. The van der Waals surface area contributed by atoms with Gasteiger partial charge in [-0.05, 0) is 18.2 Å². The number of amides is 1. The third-order valence-electron chi connectivity index (χ3n) is 2.19. The predicted molar refractivity (Wildman–Crippen MR) is 57.0 cm³/mol. The molecular weight excluding hydrogens is 248 g/mol. The van der Waals surface area contributed by atoms with Crippen molar-refractivity contribution in [3.05, 3.63) is 35.4 Å². The number of aliphatic hydroxyl groups excluding tert-OH is 1. The monoisotopic (exact) mass is 259 g/mol. The Kier molecular flexibility index (Phi) is 4.73. The van der Waals surface area contributed by atoms with E-state index in [4.69, 9.17) is 10.2 Å². The quantitative estimate of drug-likeness (QED) is 0.720. The molecule has 0 heterocycles. The molecule has 1 rings (SSSR count). The van der Waals surface area contributed by atoms with Crippen LogP contribution in [0, 0.1) is 11.6 Å². The lowest BCUT2D eigenvalue weighted by Crippen LogP contribution is -2.41. The maximum absolute atomic E-state index is 13.2. The first-order valence-corrected chi connectivity index (χ1v) is 5.05. The van der Waals surface area contributed by atoms with E-state index in [0.29, 0.717) is 6.07 Å². The number of carboxylic acid groups (broad SMARTS) is 1. The summed E-state index contributed by atoms with van der Waals surface area (Å²) in [5.41, 5.74) is -0.584. The van der Waals surface area contributed by atoms with Gasteiger partial charge in [0.2, 0.25) is 0 Å². The van der Waals surface area contributed by atoms with Gasteiger partial charge in [-0.1, -0.05) is 0 Å². The van der Waals surface area contributed by atoms with Crippen LogP contribution in [0.2, 0.25) is 0 Å². The van der Waals surface area contributed by atoms with Crippen LogP contribution in [0.5, 0.6) is 0 Å². The van der Waals surface area contributed by atoms with E-state index in [2.05, 4.69) is 0 Å². The van der Waals surface area contributed by atoms with Gasteiger partial charge in [0, 0.05) is 13.0 Å². The van der Waals surface area contributed by atoms with E-state index in [-0.39, 0.29) is 6.42 Å². The molecule has 0 aliphatic rings. The number of hydrogen-bond acceptors (Lipinski definition) is 3. The molecule has 1 atom stereocenters. The van der Waals surface area contributed by atoms with Gasteiger partial charge in [0.15, 0.2) is 0 Å². The van der Waals surface area contributed by atoms with Gasteiger partial charge in [-0.15, -0.1) is 0 Å². The molecule has 0 unspecified atom stereocenters. The standard InChI is InChI=1S/C11H11F2NO4/c12-6-1-2-8(13)7(5-6)10(16)14-9(3-4-15)11(17)18/h1-2,5,9,15H,3-4H2,(H,14,16)(H,17,18)/t9-/m0/s1. The average molecular weight is 259 g/mol. The first kappa shape index (κ1) is 14.0. The zero-order valence-corrected chi connectivity index (χ0v) is 9.19. The van der Waals surface area contributed by atoms with Crippen molar-refractivity contribution in [1.82, 2.24) is 5.32 Å². The number of benzene rings is 1. The maximum atomic E-state index is 13.2. The van der Waals surface area contributed by atoms with Crippen LogP contribution in [-0.4, -0.2) is 34.7 Å². The topological polar surface area (TPSA) is 86.6 Å². The van der Waals surface area contributed by atoms with E-state index in [9.17, 15) is 18.4 Å². The van der Waals surface area contributed by atoms with E-state index in [0.717, 1.165) is 12.1 Å². The number of aliphatic hydroxyl groups is 1. The summed E-state index contributed by atoms with van der Waals surface area (Å²) in [6.45, 7) is -0.455. The van der Waals surface area contributed by atoms with Crippen LogP contribution in [0.3, 0.4) is 0 Å². The number of carboxylic acids is 1. The van der Waals surface area contributed by atoms with Crippen LogP contribution in [0.25, 0.3) is 0 Å². The number of carbonyl (C=O) groups is 2. The fourth-order valence-corrected chi connectivity index (χ4v) is 1.29. The Morgan fingerprint density at radius 3 is 2.56 bits per heavy atom. The molecule has 1 aromatic rings. The van der Waals surface area contributed by atoms with E-state index in [1.165, 1.54) is 0 Å². The molecule has 0 radical (unpaired) electrons. The summed E-state index contributed by atoms with van der Waals surface area (Å²) in [7, 11) is 0. The maximum Gasteiger partial charge on any atom is 0.326 e. The highest BCUT2D eigenvalue weighted by Gasteiger charge is 2.22. The van der Waals surface area contributed by atoms with Gasteiger partial charge >= 0.3 is 5.97 Å². The van der Waals surface area contributed by atoms with Gasteiger partial charge < -0.3 is 15.5 Å². The second-order valence-electron chi connectivity index (χ2n) is 3.50. The van der Waals surface area contributed by atoms with Crippen LogP contribution in [0.1, 0.15) is 16.8 Å². The van der Waals surface area contributed by atoms with Gasteiger partial charge in [0.05, 0.1) is 5.56 Å². The average Bonchev–Trinajstić information content (AvgIpc) is 2.31. The van der Waals surface area contributed by atoms with Crippen LogP contribution < -0.4 is 5.32 Å². The molecule has 7 heteroatoms. The van der Waals surface area contributed by atoms with Crippen molar-refractivity contribution in [2.24, 2.45) is 0 Å². The van der Waals surface area contributed by atoms with Crippen molar-refractivity contribution in [1.29, 1.82) is 0 Å². The molecule has 18 heavy (non-hydrogen) atoms. The Morgan fingerprint density at radius 2 is 2.00 bits per heavy atom. The summed E-state index contributed by atoms with van der Waals surface area (Å²) < 4.78 is 26.1. The largest absolute Gasteiger partial charge is 0.480 e. The molecule has 0 aliphatic heterocycles. The highest BCUT2D eigenvalue weighted by molar-refractivity contribution is 5.96. The van der Waals surface area contributed by atoms with Crippen molar-refractivity contribution in [3.63, 3.8) is 0 Å². The van der Waals surface area contributed by atoms with Gasteiger partial charge in [-0.3, -0.25) is 4.79 Å². The fraction of sp³-hybridized carbons (Fsp3) is 0.273. The summed E-state index contributed by atoms with van der Waals surface area (Å²) in [5, 5.41) is 19.3. The molecule has 0 aromatic heterocycles. The van der Waals surface area contributed by atoms with Crippen molar-refractivity contribution < 1.29 is 28.6 Å². The predicted octanol–water partition coefficient (Wildman–Crippen LogP) is 0.530. The minimum Gasteiger partial charge on any atom is -0.480 e. The molecule has 3 N–H and O–H groups in total. The van der Waals surface area contributed by atoms with Gasteiger partial charge in [0.1, 0.15) is 17.7 Å². The van der Waals surface area contributed by atoms with Crippen molar-refractivity contribution >= 4 is 11.9 Å². The Labute approximate surface area is 101 Å². The Balaban J connectivity index is 2.86. The number of hydrogen-bond donors (Lipinski definition) is 3. The van der Waals surface area contributed by atoms with Crippen molar-refractivity contribution in [2.75, 3.05) is 6.61 Å². The molecule has 98 valence electrons. The molecule has 0 aliphatic carbocycles. The number of nitrogens with one attached hydrogen (secondary N) is 1. The lowest BCUT2D eigenvalue weighted by Gasteiger charge is -2.13. The summed E-state index contributed by atoms with van der Waals surface area (Å²) >= 11 is 0. The molecule has 0 spiro atoms. The lowest BCUT2D eigenvalue weighted by atomic mass is 10.1. The first-order chi connectivity index (χ1) is 8.45. The van der Waals surface area contributed by atoms with Gasteiger partial charge in [0.25, 0.3) is 5.91 Å². The molecule has 0 saturated carbocycles. The minimum absolute atomic E-state index is 0.224. The SMILES string of the molecule is O=C(N[C@@H](CCO)C(=O)O)c1cc(F)ccc1F. The lowest BCUT2D eigenvalue weighted by molar-refractivity contribution is -0.139. The number of carbonyl (C=O) groups excluding carboxylic acids is 1. The van der Waals surface area contributed by atoms with Crippen molar-refractivity contribution in [2.45, 2.75) is 12.5 Å². The van der Waals surface area contributed by atoms with Gasteiger partial charge in [-0.2, -0.15) is 0 Å². The van der Waals surface area contributed by atoms with Crippen LogP contribution in [0.4, 0.5) is 8.78 Å². The smallest absolute Gasteiger partial charge is 0.326 e. The molecular formula is C11H11F2NO4. The van der Waals surface area contributed by atoms with E-state index in [1.54, 1.807) is 0 Å². The normalized spacial score (nSPS) is 11.9. The first-order valence-electron chi connectivity index (χ1n) is 5.05. The molecule has 5 nitrogen and oxygen atoms in total. The second-order valence-corrected chi connectivity index (χ2v) is 3.50. The minimum atomic E-state index is -1.37. The molecule has 1 aromatic carbocycles. The summed E-state index contributed by atoms with van der Waals surface area (Å²) in [6, 6.07) is 0.925. The third kappa shape index (κ3) is 3.49. The zero-order chi connectivity index (χ0) is 13.7. The van der Waals surface area contributed by atoms with E-state index < -0.39 is 41.7 Å². The molecule has 0 bridgehead atoms. The third-order valence-corrected chi connectivity index (χ3v) is 2.19. The Hall–Kier alpha value is -2.02.